The van der Waals surface area contributed by atoms with Crippen LogP contribution in [0.2, 0.25) is 0 Å². The maximum absolute atomic E-state index is 13.1. The van der Waals surface area contributed by atoms with Crippen molar-refractivity contribution in [2.75, 3.05) is 7.11 Å². The van der Waals surface area contributed by atoms with Gasteiger partial charge < -0.3 is 35.4 Å². The highest BCUT2D eigenvalue weighted by molar-refractivity contribution is 6.11. The van der Waals surface area contributed by atoms with Crippen LogP contribution in [0.5, 0.6) is 34.5 Å². The molecule has 0 unspecified atom stereocenters. The number of phenolic OH excluding ortho intramolecular Hbond substituents is 5. The van der Waals surface area contributed by atoms with E-state index in [1.54, 1.807) is 66.7 Å². The summed E-state index contributed by atoms with van der Waals surface area (Å²) in [6.07, 6.45) is 6.65. The Bertz CT molecular complexity index is 1590. The highest BCUT2D eigenvalue weighted by Gasteiger charge is 2.22. The lowest BCUT2D eigenvalue weighted by atomic mass is 9.89. The first-order valence-corrected chi connectivity index (χ1v) is 13.7. The van der Waals surface area contributed by atoms with Crippen molar-refractivity contribution < 1.29 is 40.2 Å². The van der Waals surface area contributed by atoms with Crippen molar-refractivity contribution in [3.8, 4) is 34.5 Å². The van der Waals surface area contributed by atoms with E-state index in [4.69, 9.17) is 4.74 Å². The predicted octanol–water partition coefficient (Wildman–Crippen LogP) is 6.30. The summed E-state index contributed by atoms with van der Waals surface area (Å²) in [4.78, 5) is 13.1. The molecule has 0 fully saturated rings. The predicted molar refractivity (Wildman–Crippen MR) is 165 cm³/mol. The Morgan fingerprint density at radius 3 is 2.00 bits per heavy atom. The van der Waals surface area contributed by atoms with Crippen LogP contribution < -0.4 is 4.74 Å². The van der Waals surface area contributed by atoms with Crippen molar-refractivity contribution in [2.24, 2.45) is 0 Å². The Hall–Kier alpha value is -5.21. The van der Waals surface area contributed by atoms with Crippen LogP contribution in [-0.4, -0.2) is 49.6 Å². The smallest absolute Gasteiger partial charge is 0.193 e. The minimum absolute atomic E-state index is 0.00421. The number of aliphatic hydroxyl groups is 1. The number of ether oxygens (including phenoxy) is 1. The van der Waals surface area contributed by atoms with Gasteiger partial charge in [0, 0.05) is 12.0 Å². The normalized spacial score (nSPS) is 12.9. The minimum Gasteiger partial charge on any atom is -0.508 e. The molecule has 8 nitrogen and oxygen atoms in total. The van der Waals surface area contributed by atoms with Gasteiger partial charge in [-0.15, -0.1) is 0 Å². The number of carbonyl (C=O) groups is 1. The zero-order chi connectivity index (χ0) is 30.9. The third-order valence-electron chi connectivity index (χ3n) is 7.11. The maximum Gasteiger partial charge on any atom is 0.193 e. The Morgan fingerprint density at radius 1 is 0.814 bits per heavy atom. The lowest BCUT2D eigenvalue weighted by Gasteiger charge is -2.19. The van der Waals surface area contributed by atoms with E-state index in [-0.39, 0.29) is 45.8 Å². The number of benzene rings is 4. The number of methoxy groups -OCH3 is 1. The topological polar surface area (TPSA) is 148 Å². The van der Waals surface area contributed by atoms with E-state index in [1.165, 1.54) is 43.5 Å². The van der Waals surface area contributed by atoms with Gasteiger partial charge in [-0.2, -0.15) is 0 Å². The number of aliphatic hydroxyl groups excluding tert-OH is 1. The average Bonchev–Trinajstić information content (AvgIpc) is 2.99. The molecule has 0 aliphatic heterocycles. The van der Waals surface area contributed by atoms with Crippen molar-refractivity contribution >= 4 is 17.9 Å². The van der Waals surface area contributed by atoms with Crippen LogP contribution in [-0.2, 0) is 6.42 Å². The fourth-order valence-electron chi connectivity index (χ4n) is 4.72. The summed E-state index contributed by atoms with van der Waals surface area (Å²) in [5, 5.41) is 61.5. The van der Waals surface area contributed by atoms with Crippen LogP contribution in [0, 0.1) is 0 Å². The summed E-state index contributed by atoms with van der Waals surface area (Å²) < 4.78 is 5.28. The molecule has 4 aromatic rings. The molecule has 0 saturated carbocycles. The van der Waals surface area contributed by atoms with Crippen molar-refractivity contribution in [3.63, 3.8) is 0 Å². The monoisotopic (exact) mass is 582 g/mol. The second-order valence-electron chi connectivity index (χ2n) is 10.2. The van der Waals surface area contributed by atoms with Gasteiger partial charge in [-0.1, -0.05) is 54.6 Å². The van der Waals surface area contributed by atoms with Gasteiger partial charge in [-0.3, -0.25) is 4.79 Å². The quantitative estimate of drug-likeness (QED) is 0.0842. The molecule has 43 heavy (non-hydrogen) atoms. The number of phenols is 5. The van der Waals surface area contributed by atoms with E-state index >= 15 is 0 Å². The van der Waals surface area contributed by atoms with Crippen LogP contribution in [0.3, 0.4) is 0 Å². The number of aryl methyl sites for hydroxylation is 1. The van der Waals surface area contributed by atoms with E-state index in [9.17, 15) is 35.4 Å². The number of ketones is 1. The van der Waals surface area contributed by atoms with Crippen LogP contribution >= 0.6 is 0 Å². The minimum atomic E-state index is -0.711. The molecule has 4 rings (SSSR count). The number of hydrogen-bond donors (Lipinski definition) is 6. The SMILES string of the molecule is COc1cc(O)c(/C=C/[C@H](C[C@@H](O)CCc2ccc(O)cc2)c2ccc(O)cc2)c(O)c1C(=O)/C=C/c1ccc(O)cc1. The molecule has 6 N–H and O–H groups in total. The summed E-state index contributed by atoms with van der Waals surface area (Å²) >= 11 is 0. The van der Waals surface area contributed by atoms with Gasteiger partial charge in [0.2, 0.25) is 0 Å². The summed E-state index contributed by atoms with van der Waals surface area (Å²) in [5.74, 6) is -1.35. The molecule has 0 heterocycles. The number of aromatic hydroxyl groups is 5. The van der Waals surface area contributed by atoms with Gasteiger partial charge >= 0.3 is 0 Å². The third-order valence-corrected chi connectivity index (χ3v) is 7.11. The Balaban J connectivity index is 1.60. The van der Waals surface area contributed by atoms with Crippen molar-refractivity contribution in [2.45, 2.75) is 31.3 Å². The second kappa shape index (κ2) is 14.1. The Labute approximate surface area is 249 Å². The number of rotatable bonds is 12. The summed E-state index contributed by atoms with van der Waals surface area (Å²) in [5.41, 5.74) is 2.29. The first-order chi connectivity index (χ1) is 20.6. The van der Waals surface area contributed by atoms with Gasteiger partial charge in [0.1, 0.15) is 40.1 Å². The van der Waals surface area contributed by atoms with E-state index in [2.05, 4.69) is 0 Å². The average molecular weight is 583 g/mol. The van der Waals surface area contributed by atoms with Crippen molar-refractivity contribution in [1.82, 2.24) is 0 Å². The highest BCUT2D eigenvalue weighted by Crippen LogP contribution is 2.40. The van der Waals surface area contributed by atoms with Gasteiger partial charge in [-0.25, -0.2) is 0 Å². The summed E-state index contributed by atoms with van der Waals surface area (Å²) in [7, 11) is 1.32. The molecule has 8 heteroatoms. The van der Waals surface area contributed by atoms with Gasteiger partial charge in [0.15, 0.2) is 5.78 Å². The first-order valence-electron chi connectivity index (χ1n) is 13.7. The molecular weight excluding hydrogens is 548 g/mol. The Morgan fingerprint density at radius 2 is 1.40 bits per heavy atom. The van der Waals surface area contributed by atoms with Gasteiger partial charge in [0.05, 0.1) is 18.8 Å². The molecule has 0 spiro atoms. The lowest BCUT2D eigenvalue weighted by molar-refractivity contribution is 0.104. The molecule has 0 aliphatic rings. The van der Waals surface area contributed by atoms with Gasteiger partial charge in [0.25, 0.3) is 0 Å². The number of hydrogen-bond acceptors (Lipinski definition) is 8. The fourth-order valence-corrected chi connectivity index (χ4v) is 4.72. The second-order valence-corrected chi connectivity index (χ2v) is 10.2. The molecule has 0 aliphatic carbocycles. The lowest BCUT2D eigenvalue weighted by Crippen LogP contribution is -2.12. The van der Waals surface area contributed by atoms with Crippen molar-refractivity contribution in [1.29, 1.82) is 0 Å². The van der Waals surface area contributed by atoms with E-state index in [1.807, 2.05) is 0 Å². The molecule has 0 saturated heterocycles. The van der Waals surface area contributed by atoms with Gasteiger partial charge in [-0.05, 0) is 78.4 Å². The van der Waals surface area contributed by atoms with E-state index in [0.717, 1.165) is 11.1 Å². The zero-order valence-corrected chi connectivity index (χ0v) is 23.6. The maximum atomic E-state index is 13.1. The Kier molecular flexibility index (Phi) is 10.1. The first kappa shape index (κ1) is 30.7. The van der Waals surface area contributed by atoms with Crippen LogP contribution in [0.25, 0.3) is 12.2 Å². The fraction of sp³-hybridized carbons (Fsp3) is 0.171. The van der Waals surface area contributed by atoms with E-state index in [0.29, 0.717) is 24.8 Å². The summed E-state index contributed by atoms with van der Waals surface area (Å²) in [6.45, 7) is 0. The van der Waals surface area contributed by atoms with Crippen LogP contribution in [0.1, 0.15) is 51.4 Å². The van der Waals surface area contributed by atoms with Crippen LogP contribution in [0.4, 0.5) is 0 Å². The van der Waals surface area contributed by atoms with E-state index < -0.39 is 17.6 Å². The molecule has 2 atom stereocenters. The molecule has 4 aromatic carbocycles. The van der Waals surface area contributed by atoms with Crippen molar-refractivity contribution in [3.05, 3.63) is 119 Å². The van der Waals surface area contributed by atoms with Crippen LogP contribution in [0.15, 0.2) is 91.0 Å². The number of carbonyl (C=O) groups excluding carboxylic acids is 1. The number of allylic oxidation sites excluding steroid dienone is 2. The molecule has 0 aromatic heterocycles. The molecule has 0 amide bonds. The molecule has 0 radical (unpaired) electrons. The zero-order valence-electron chi connectivity index (χ0n) is 23.6. The molecular formula is C35H34O8. The largest absolute Gasteiger partial charge is 0.508 e. The molecule has 222 valence electrons. The highest BCUT2D eigenvalue weighted by atomic mass is 16.5. The standard InChI is InChI=1S/C35H34O8/c1-43-33-21-32(41)30(35(42)34(33)31(40)19-7-23-4-13-27(37)14-5-23)18-10-25(24-8-16-28(38)17-9-24)20-29(39)15-6-22-2-11-26(36)12-3-22/h2-5,7-14,16-19,21,25,29,36-39,41-42H,6,15,20H2,1H3/b18-10+,19-7+/t25-,29+/m1/s1. The molecule has 0 bridgehead atoms. The summed E-state index contributed by atoms with van der Waals surface area (Å²) in [6, 6.07) is 20.8. The third kappa shape index (κ3) is 8.18.